The molecular formula is C26H35N5O5Si. The van der Waals surface area contributed by atoms with Crippen molar-refractivity contribution < 1.29 is 23.7 Å². The van der Waals surface area contributed by atoms with E-state index in [9.17, 15) is 4.79 Å². The van der Waals surface area contributed by atoms with Crippen LogP contribution < -0.4 is 9.64 Å². The number of hydrogen-bond acceptors (Lipinski definition) is 9. The number of hydrogen-bond donors (Lipinski definition) is 0. The van der Waals surface area contributed by atoms with Gasteiger partial charge in [-0.05, 0) is 24.2 Å². The van der Waals surface area contributed by atoms with E-state index >= 15 is 0 Å². The summed E-state index contributed by atoms with van der Waals surface area (Å²) < 4.78 is 24.5. The van der Waals surface area contributed by atoms with Crippen molar-refractivity contribution in [2.45, 2.75) is 50.9 Å². The van der Waals surface area contributed by atoms with E-state index in [0.717, 1.165) is 47.2 Å². The molecule has 1 aliphatic heterocycles. The molecule has 10 nitrogen and oxygen atoms in total. The Hall–Kier alpha value is -3.02. The van der Waals surface area contributed by atoms with Gasteiger partial charge < -0.3 is 23.8 Å². The molecule has 11 heteroatoms. The summed E-state index contributed by atoms with van der Waals surface area (Å²) in [5, 5.41) is 5.71. The molecule has 1 saturated heterocycles. The minimum atomic E-state index is -1.21. The van der Waals surface area contributed by atoms with Crippen LogP contribution in [0.1, 0.15) is 12.8 Å². The highest BCUT2D eigenvalue weighted by atomic mass is 28.3. The number of rotatable bonds is 10. The Morgan fingerprint density at radius 2 is 1.92 bits per heavy atom. The first kappa shape index (κ1) is 25.6. The van der Waals surface area contributed by atoms with E-state index in [2.05, 4.69) is 34.5 Å². The Balaban J connectivity index is 1.50. The van der Waals surface area contributed by atoms with Crippen LogP contribution in [0.4, 0.5) is 5.82 Å². The normalized spacial score (nSPS) is 17.1. The Morgan fingerprint density at radius 3 is 2.62 bits per heavy atom. The van der Waals surface area contributed by atoms with Gasteiger partial charge in [0.05, 0.1) is 37.2 Å². The molecule has 1 saturated carbocycles. The van der Waals surface area contributed by atoms with Crippen molar-refractivity contribution in [2.24, 2.45) is 0 Å². The van der Waals surface area contributed by atoms with Crippen molar-refractivity contribution in [3.8, 4) is 17.1 Å². The van der Waals surface area contributed by atoms with Crippen LogP contribution in [0.3, 0.4) is 0 Å². The molecular weight excluding hydrogens is 490 g/mol. The highest BCUT2D eigenvalue weighted by molar-refractivity contribution is 6.76. The predicted molar refractivity (Wildman–Crippen MR) is 143 cm³/mol. The van der Waals surface area contributed by atoms with E-state index in [1.807, 2.05) is 28.9 Å². The first-order valence-electron chi connectivity index (χ1n) is 12.8. The first-order chi connectivity index (χ1) is 17.8. The number of esters is 1. The molecule has 2 fully saturated rings. The highest BCUT2D eigenvalue weighted by Crippen LogP contribution is 2.42. The Bertz CT molecular complexity index is 1260. The van der Waals surface area contributed by atoms with E-state index < -0.39 is 13.7 Å². The van der Waals surface area contributed by atoms with Crippen molar-refractivity contribution in [3.05, 3.63) is 30.6 Å². The maximum Gasteiger partial charge on any atom is 0.350 e. The average Bonchev–Trinajstić information content (AvgIpc) is 3.59. The number of aromatic nitrogens is 4. The third kappa shape index (κ3) is 5.78. The summed E-state index contributed by atoms with van der Waals surface area (Å²) in [7, 11) is 0.176. The second-order valence-electron chi connectivity index (χ2n) is 10.8. The lowest BCUT2D eigenvalue weighted by molar-refractivity contribution is -0.151. The predicted octanol–water partition coefficient (Wildman–Crippen LogP) is 3.73. The summed E-state index contributed by atoms with van der Waals surface area (Å²) in [6.07, 6.45) is 2.87. The third-order valence-corrected chi connectivity index (χ3v) is 8.43. The summed E-state index contributed by atoms with van der Waals surface area (Å²) in [5.74, 6) is 1.10. The molecule has 0 amide bonds. The highest BCUT2D eigenvalue weighted by Gasteiger charge is 2.54. The summed E-state index contributed by atoms with van der Waals surface area (Å²) in [6.45, 7) is 10.9. The van der Waals surface area contributed by atoms with Crippen LogP contribution in [-0.2, 0) is 25.7 Å². The Morgan fingerprint density at radius 1 is 1.14 bits per heavy atom. The number of carbonyl (C=O) groups is 1. The molecule has 0 unspecified atom stereocenters. The molecule has 2 aliphatic rings. The number of carbonyl (C=O) groups excluding carboxylic acids is 1. The maximum absolute atomic E-state index is 12.3. The summed E-state index contributed by atoms with van der Waals surface area (Å²) in [4.78, 5) is 23.6. The second-order valence-corrected chi connectivity index (χ2v) is 16.4. The van der Waals surface area contributed by atoms with E-state index in [-0.39, 0.29) is 5.97 Å². The Labute approximate surface area is 217 Å². The van der Waals surface area contributed by atoms with Crippen molar-refractivity contribution in [3.63, 3.8) is 0 Å². The topological polar surface area (TPSA) is 101 Å². The third-order valence-electron chi connectivity index (χ3n) is 6.72. The van der Waals surface area contributed by atoms with E-state index in [1.165, 1.54) is 7.11 Å². The van der Waals surface area contributed by atoms with Gasteiger partial charge in [0, 0.05) is 52.1 Å². The van der Waals surface area contributed by atoms with E-state index in [1.54, 1.807) is 6.33 Å². The quantitative estimate of drug-likeness (QED) is 0.223. The summed E-state index contributed by atoms with van der Waals surface area (Å²) in [5.41, 5.74) is 1.48. The van der Waals surface area contributed by atoms with Crippen LogP contribution in [0.2, 0.25) is 25.7 Å². The van der Waals surface area contributed by atoms with Crippen LogP contribution in [0, 0.1) is 0 Å². The van der Waals surface area contributed by atoms with E-state index in [0.29, 0.717) is 45.1 Å². The maximum atomic E-state index is 12.3. The van der Waals surface area contributed by atoms with Gasteiger partial charge in [0.1, 0.15) is 24.6 Å². The SMILES string of the molecule is COC(=O)C1(Oc2ccc3nn(COCC[Si](C)(C)C)c(-c4cc(N5CCOCC5)ncn4)c3c2)CC1. The van der Waals surface area contributed by atoms with Crippen LogP contribution in [-0.4, -0.2) is 79.4 Å². The fourth-order valence-corrected chi connectivity index (χ4v) is 5.14. The molecule has 1 aliphatic carbocycles. The van der Waals surface area contributed by atoms with Gasteiger partial charge in [0.15, 0.2) is 0 Å². The van der Waals surface area contributed by atoms with Gasteiger partial charge in [0.25, 0.3) is 0 Å². The van der Waals surface area contributed by atoms with Crippen LogP contribution >= 0.6 is 0 Å². The molecule has 2 aromatic heterocycles. The minimum absolute atomic E-state index is 0.313. The van der Waals surface area contributed by atoms with Gasteiger partial charge in [-0.3, -0.25) is 0 Å². The molecule has 198 valence electrons. The van der Waals surface area contributed by atoms with Gasteiger partial charge in [-0.15, -0.1) is 0 Å². The van der Waals surface area contributed by atoms with Crippen molar-refractivity contribution in [2.75, 3.05) is 44.9 Å². The molecule has 3 aromatic rings. The molecule has 0 atom stereocenters. The molecule has 0 N–H and O–H groups in total. The smallest absolute Gasteiger partial charge is 0.350 e. The zero-order valence-corrected chi connectivity index (χ0v) is 23.0. The van der Waals surface area contributed by atoms with Crippen molar-refractivity contribution >= 4 is 30.8 Å². The first-order valence-corrected chi connectivity index (χ1v) is 16.5. The number of benzene rings is 1. The van der Waals surface area contributed by atoms with Crippen LogP contribution in [0.25, 0.3) is 22.3 Å². The number of morpholine rings is 1. The van der Waals surface area contributed by atoms with Gasteiger partial charge in [-0.2, -0.15) is 5.10 Å². The molecule has 0 bridgehead atoms. The second kappa shape index (κ2) is 10.4. The monoisotopic (exact) mass is 525 g/mol. The summed E-state index contributed by atoms with van der Waals surface area (Å²) in [6, 6.07) is 8.74. The zero-order valence-electron chi connectivity index (χ0n) is 22.0. The number of ether oxygens (including phenoxy) is 4. The number of fused-ring (bicyclic) bond motifs is 1. The van der Waals surface area contributed by atoms with Gasteiger partial charge in [-0.25, -0.2) is 19.4 Å². The fourth-order valence-electron chi connectivity index (χ4n) is 4.38. The van der Waals surface area contributed by atoms with Gasteiger partial charge >= 0.3 is 5.97 Å². The lowest BCUT2D eigenvalue weighted by atomic mass is 10.1. The molecule has 0 spiro atoms. The van der Waals surface area contributed by atoms with Crippen LogP contribution in [0.5, 0.6) is 5.75 Å². The van der Waals surface area contributed by atoms with E-state index in [4.69, 9.17) is 24.0 Å². The zero-order chi connectivity index (χ0) is 26.0. The molecule has 5 rings (SSSR count). The molecule has 3 heterocycles. The average molecular weight is 526 g/mol. The number of nitrogens with zero attached hydrogens (tertiary/aromatic N) is 5. The number of methoxy groups -OCH3 is 1. The van der Waals surface area contributed by atoms with Crippen LogP contribution in [0.15, 0.2) is 30.6 Å². The fraction of sp³-hybridized carbons (Fsp3) is 0.538. The van der Waals surface area contributed by atoms with Gasteiger partial charge in [0.2, 0.25) is 5.60 Å². The lowest BCUT2D eigenvalue weighted by Gasteiger charge is -2.27. The largest absolute Gasteiger partial charge is 0.476 e. The standard InChI is InChI=1S/C26H35N5O5Si/c1-33-25(32)26(7-8-26)36-19-5-6-21-20(15-19)24(31(29-21)18-35-13-14-37(2,3)4)22-16-23(28-17-27-22)30-9-11-34-12-10-30/h5-6,15-17H,7-14,18H2,1-4H3. The molecule has 0 radical (unpaired) electrons. The van der Waals surface area contributed by atoms with Crippen molar-refractivity contribution in [1.29, 1.82) is 0 Å². The Kier molecular flexibility index (Phi) is 7.19. The summed E-state index contributed by atoms with van der Waals surface area (Å²) >= 11 is 0. The minimum Gasteiger partial charge on any atom is -0.476 e. The lowest BCUT2D eigenvalue weighted by Crippen LogP contribution is -2.36. The van der Waals surface area contributed by atoms with Crippen molar-refractivity contribution in [1.82, 2.24) is 19.7 Å². The number of anilines is 1. The van der Waals surface area contributed by atoms with Gasteiger partial charge in [-0.1, -0.05) is 19.6 Å². The molecule has 37 heavy (non-hydrogen) atoms. The molecule has 1 aromatic carbocycles.